The van der Waals surface area contributed by atoms with Gasteiger partial charge in [-0.3, -0.25) is 0 Å². The van der Waals surface area contributed by atoms with Crippen LogP contribution < -0.4 is 5.73 Å². The second-order valence-electron chi connectivity index (χ2n) is 4.25. The molecule has 1 rings (SSSR count). The van der Waals surface area contributed by atoms with Gasteiger partial charge in [-0.2, -0.15) is 0 Å². The second-order valence-corrected chi connectivity index (χ2v) is 4.66. The van der Waals surface area contributed by atoms with Crippen LogP contribution in [0.4, 0.5) is 4.39 Å². The van der Waals surface area contributed by atoms with Crippen molar-refractivity contribution >= 4 is 11.6 Å². The summed E-state index contributed by atoms with van der Waals surface area (Å²) in [5, 5.41) is 0.146. The Kier molecular flexibility index (Phi) is 4.55. The first kappa shape index (κ1) is 12.5. The van der Waals surface area contributed by atoms with Gasteiger partial charge >= 0.3 is 0 Å². The van der Waals surface area contributed by atoms with Crippen LogP contribution in [0.15, 0.2) is 18.2 Å². The van der Waals surface area contributed by atoms with Crippen LogP contribution in [0, 0.1) is 11.7 Å². The minimum absolute atomic E-state index is 0.0505. The zero-order valence-corrected chi connectivity index (χ0v) is 9.89. The molecule has 84 valence electrons. The van der Waals surface area contributed by atoms with Gasteiger partial charge in [0.1, 0.15) is 5.82 Å². The molecule has 0 fully saturated rings. The highest BCUT2D eigenvalue weighted by Crippen LogP contribution is 2.23. The topological polar surface area (TPSA) is 26.0 Å². The molecule has 1 aromatic rings. The van der Waals surface area contributed by atoms with E-state index < -0.39 is 5.82 Å². The van der Waals surface area contributed by atoms with E-state index in [1.807, 2.05) is 0 Å². The monoisotopic (exact) mass is 229 g/mol. The summed E-state index contributed by atoms with van der Waals surface area (Å²) >= 11 is 5.69. The first-order valence-electron chi connectivity index (χ1n) is 5.21. The van der Waals surface area contributed by atoms with Gasteiger partial charge < -0.3 is 5.73 Å². The molecule has 0 saturated carbocycles. The number of benzene rings is 1. The lowest BCUT2D eigenvalue weighted by molar-refractivity contribution is 0.506. The van der Waals surface area contributed by atoms with Gasteiger partial charge in [0.25, 0.3) is 0 Å². The fraction of sp³-hybridized carbons (Fsp3) is 0.500. The highest BCUT2D eigenvalue weighted by atomic mass is 35.5. The average molecular weight is 230 g/mol. The SMILES string of the molecule is CC(C)CCC(N)c1ccc(F)c(Cl)c1. The van der Waals surface area contributed by atoms with Gasteiger partial charge in [0.2, 0.25) is 0 Å². The fourth-order valence-electron chi connectivity index (χ4n) is 1.42. The van der Waals surface area contributed by atoms with E-state index >= 15 is 0 Å². The van der Waals surface area contributed by atoms with E-state index in [1.54, 1.807) is 12.1 Å². The van der Waals surface area contributed by atoms with Crippen molar-refractivity contribution in [2.45, 2.75) is 32.7 Å². The van der Waals surface area contributed by atoms with Crippen molar-refractivity contribution in [2.24, 2.45) is 11.7 Å². The second kappa shape index (κ2) is 5.47. The van der Waals surface area contributed by atoms with E-state index in [9.17, 15) is 4.39 Å². The normalized spacial score (nSPS) is 13.2. The third-order valence-corrected chi connectivity index (χ3v) is 2.72. The van der Waals surface area contributed by atoms with Gasteiger partial charge in [-0.15, -0.1) is 0 Å². The first-order chi connectivity index (χ1) is 7.00. The Labute approximate surface area is 95.4 Å². The summed E-state index contributed by atoms with van der Waals surface area (Å²) in [6.45, 7) is 4.31. The summed E-state index contributed by atoms with van der Waals surface area (Å²) in [6, 6.07) is 4.63. The van der Waals surface area contributed by atoms with E-state index in [-0.39, 0.29) is 11.1 Å². The van der Waals surface area contributed by atoms with Crippen molar-refractivity contribution < 1.29 is 4.39 Å². The molecular weight excluding hydrogens is 213 g/mol. The van der Waals surface area contributed by atoms with Crippen LogP contribution in [-0.4, -0.2) is 0 Å². The van der Waals surface area contributed by atoms with Crippen molar-refractivity contribution in [1.82, 2.24) is 0 Å². The highest BCUT2D eigenvalue weighted by Gasteiger charge is 2.09. The maximum absolute atomic E-state index is 12.9. The molecule has 3 heteroatoms. The summed E-state index contributed by atoms with van der Waals surface area (Å²) in [5.41, 5.74) is 6.89. The maximum Gasteiger partial charge on any atom is 0.141 e. The third-order valence-electron chi connectivity index (χ3n) is 2.43. The maximum atomic E-state index is 12.9. The number of nitrogens with two attached hydrogens (primary N) is 1. The number of halogens is 2. The zero-order chi connectivity index (χ0) is 11.4. The Morgan fingerprint density at radius 3 is 2.53 bits per heavy atom. The molecule has 0 aliphatic heterocycles. The van der Waals surface area contributed by atoms with E-state index in [0.717, 1.165) is 18.4 Å². The Hall–Kier alpha value is -0.600. The van der Waals surface area contributed by atoms with Gasteiger partial charge in [0.05, 0.1) is 5.02 Å². The van der Waals surface area contributed by atoms with Crippen molar-refractivity contribution in [3.8, 4) is 0 Å². The Bertz CT molecular complexity index is 325. The molecule has 0 heterocycles. The quantitative estimate of drug-likeness (QED) is 0.832. The number of hydrogen-bond donors (Lipinski definition) is 1. The fourth-order valence-corrected chi connectivity index (χ4v) is 1.61. The summed E-state index contributed by atoms with van der Waals surface area (Å²) in [5.74, 6) is 0.239. The van der Waals surface area contributed by atoms with Crippen molar-refractivity contribution in [1.29, 1.82) is 0 Å². The molecule has 2 N–H and O–H groups in total. The molecule has 0 aliphatic carbocycles. The molecule has 0 saturated heterocycles. The number of rotatable bonds is 4. The summed E-state index contributed by atoms with van der Waals surface area (Å²) in [6.07, 6.45) is 1.97. The molecule has 1 aromatic carbocycles. The summed E-state index contributed by atoms with van der Waals surface area (Å²) in [4.78, 5) is 0. The molecule has 1 nitrogen and oxygen atoms in total. The minimum Gasteiger partial charge on any atom is -0.324 e. The van der Waals surface area contributed by atoms with Gasteiger partial charge in [-0.1, -0.05) is 31.5 Å². The van der Waals surface area contributed by atoms with Crippen LogP contribution in [0.1, 0.15) is 38.3 Å². The zero-order valence-electron chi connectivity index (χ0n) is 9.13. The van der Waals surface area contributed by atoms with Crippen LogP contribution >= 0.6 is 11.6 Å². The Balaban J connectivity index is 2.65. The van der Waals surface area contributed by atoms with Crippen LogP contribution in [0.2, 0.25) is 5.02 Å². The smallest absolute Gasteiger partial charge is 0.141 e. The molecule has 0 aromatic heterocycles. The average Bonchev–Trinajstić information content (AvgIpc) is 2.18. The standard InChI is InChI=1S/C12H17ClFN/c1-8(2)3-6-12(15)9-4-5-11(14)10(13)7-9/h4-5,7-8,12H,3,6,15H2,1-2H3. The van der Waals surface area contributed by atoms with Gasteiger partial charge in [-0.25, -0.2) is 4.39 Å². The van der Waals surface area contributed by atoms with Gasteiger partial charge in [0.15, 0.2) is 0 Å². The molecule has 0 amide bonds. The van der Waals surface area contributed by atoms with Crippen LogP contribution in [0.3, 0.4) is 0 Å². The van der Waals surface area contributed by atoms with Crippen LogP contribution in [-0.2, 0) is 0 Å². The van der Waals surface area contributed by atoms with E-state index in [0.29, 0.717) is 5.92 Å². The Morgan fingerprint density at radius 1 is 1.33 bits per heavy atom. The first-order valence-corrected chi connectivity index (χ1v) is 5.59. The van der Waals surface area contributed by atoms with Crippen molar-refractivity contribution in [3.05, 3.63) is 34.6 Å². The van der Waals surface area contributed by atoms with Gasteiger partial charge in [-0.05, 0) is 36.5 Å². The molecule has 0 bridgehead atoms. The lowest BCUT2D eigenvalue weighted by Crippen LogP contribution is -2.11. The van der Waals surface area contributed by atoms with Crippen LogP contribution in [0.5, 0.6) is 0 Å². The van der Waals surface area contributed by atoms with Gasteiger partial charge in [0, 0.05) is 6.04 Å². The molecular formula is C12H17ClFN. The summed E-state index contributed by atoms with van der Waals surface area (Å²) in [7, 11) is 0. The molecule has 0 radical (unpaired) electrons. The van der Waals surface area contributed by atoms with E-state index in [2.05, 4.69) is 13.8 Å². The number of hydrogen-bond acceptors (Lipinski definition) is 1. The third kappa shape index (κ3) is 3.80. The lowest BCUT2D eigenvalue weighted by atomic mass is 9.98. The molecule has 0 spiro atoms. The van der Waals surface area contributed by atoms with Crippen molar-refractivity contribution in [3.63, 3.8) is 0 Å². The van der Waals surface area contributed by atoms with E-state index in [1.165, 1.54) is 6.07 Å². The minimum atomic E-state index is -0.392. The predicted molar refractivity (Wildman–Crippen MR) is 62.4 cm³/mol. The van der Waals surface area contributed by atoms with Crippen molar-refractivity contribution in [2.75, 3.05) is 0 Å². The molecule has 0 aliphatic rings. The predicted octanol–water partition coefficient (Wildman–Crippen LogP) is 3.92. The highest BCUT2D eigenvalue weighted by molar-refractivity contribution is 6.30. The molecule has 1 unspecified atom stereocenters. The largest absolute Gasteiger partial charge is 0.324 e. The summed E-state index contributed by atoms with van der Waals surface area (Å²) < 4.78 is 12.9. The molecule has 1 atom stereocenters. The van der Waals surface area contributed by atoms with Crippen LogP contribution in [0.25, 0.3) is 0 Å². The molecule has 15 heavy (non-hydrogen) atoms. The Morgan fingerprint density at radius 2 is 2.00 bits per heavy atom. The lowest BCUT2D eigenvalue weighted by Gasteiger charge is -2.13. The van der Waals surface area contributed by atoms with E-state index in [4.69, 9.17) is 17.3 Å².